The average molecular weight is 357 g/mol. The van der Waals surface area contributed by atoms with Crippen LogP contribution in [0.25, 0.3) is 6.08 Å². The van der Waals surface area contributed by atoms with Crippen molar-refractivity contribution >= 4 is 46.2 Å². The van der Waals surface area contributed by atoms with Gasteiger partial charge in [0.15, 0.2) is 5.17 Å². The van der Waals surface area contributed by atoms with Crippen LogP contribution < -0.4 is 5.32 Å². The molecule has 5 heteroatoms. The van der Waals surface area contributed by atoms with Crippen LogP contribution in [0.1, 0.15) is 30.9 Å². The number of amidine groups is 1. The van der Waals surface area contributed by atoms with E-state index in [2.05, 4.69) is 36.3 Å². The van der Waals surface area contributed by atoms with E-state index in [1.165, 1.54) is 17.3 Å². The normalized spacial score (nSPS) is 17.8. The second-order valence-corrected chi connectivity index (χ2v) is 7.25. The van der Waals surface area contributed by atoms with Crippen LogP contribution in [0.5, 0.6) is 0 Å². The van der Waals surface area contributed by atoms with Gasteiger partial charge in [-0.2, -0.15) is 0 Å². The predicted molar refractivity (Wildman–Crippen MR) is 103 cm³/mol. The van der Waals surface area contributed by atoms with Crippen molar-refractivity contribution in [2.75, 3.05) is 0 Å². The minimum Gasteiger partial charge on any atom is -0.300 e. The van der Waals surface area contributed by atoms with E-state index in [4.69, 9.17) is 11.6 Å². The maximum Gasteiger partial charge on any atom is 0.264 e. The number of amides is 1. The van der Waals surface area contributed by atoms with Crippen molar-refractivity contribution in [3.05, 3.63) is 69.6 Å². The molecule has 0 atom stereocenters. The lowest BCUT2D eigenvalue weighted by molar-refractivity contribution is -0.115. The number of carbonyl (C=O) groups is 1. The first kappa shape index (κ1) is 16.8. The first-order valence-electron chi connectivity index (χ1n) is 7.66. The molecule has 1 fully saturated rings. The summed E-state index contributed by atoms with van der Waals surface area (Å²) in [6.07, 6.45) is 1.88. The molecule has 2 aromatic carbocycles. The van der Waals surface area contributed by atoms with Crippen LogP contribution in [0.15, 0.2) is 58.4 Å². The molecule has 1 amide bonds. The Balaban J connectivity index is 1.77. The van der Waals surface area contributed by atoms with Gasteiger partial charge in [-0.25, -0.2) is 4.99 Å². The van der Waals surface area contributed by atoms with Gasteiger partial charge in [0.1, 0.15) is 0 Å². The molecule has 3 nitrogen and oxygen atoms in total. The summed E-state index contributed by atoms with van der Waals surface area (Å²) in [6.45, 7) is 4.32. The molecule has 0 bridgehead atoms. The molecule has 1 aliphatic rings. The molecule has 1 N–H and O–H groups in total. The zero-order valence-corrected chi connectivity index (χ0v) is 15.0. The fourth-order valence-corrected chi connectivity index (χ4v) is 3.21. The lowest BCUT2D eigenvalue weighted by Crippen LogP contribution is -2.19. The van der Waals surface area contributed by atoms with Gasteiger partial charge in [-0.1, -0.05) is 49.7 Å². The summed E-state index contributed by atoms with van der Waals surface area (Å²) in [5.74, 6) is 0.370. The molecule has 1 saturated heterocycles. The zero-order valence-electron chi connectivity index (χ0n) is 13.4. The van der Waals surface area contributed by atoms with Crippen molar-refractivity contribution in [3.63, 3.8) is 0 Å². The van der Waals surface area contributed by atoms with E-state index < -0.39 is 0 Å². The van der Waals surface area contributed by atoms with Gasteiger partial charge >= 0.3 is 0 Å². The van der Waals surface area contributed by atoms with Gasteiger partial charge in [0.05, 0.1) is 10.6 Å². The number of aliphatic imine (C=N–C) groups is 1. The number of thioether (sulfide) groups is 1. The molecule has 0 aliphatic carbocycles. The van der Waals surface area contributed by atoms with Gasteiger partial charge in [-0.15, -0.1) is 0 Å². The first-order chi connectivity index (χ1) is 11.5. The Bertz CT molecular complexity index is 808. The molecule has 0 radical (unpaired) electrons. The number of halogens is 1. The summed E-state index contributed by atoms with van der Waals surface area (Å²) in [6, 6.07) is 15.4. The summed E-state index contributed by atoms with van der Waals surface area (Å²) < 4.78 is 0. The van der Waals surface area contributed by atoms with Crippen LogP contribution in [0, 0.1) is 0 Å². The minimum atomic E-state index is -0.124. The highest BCUT2D eigenvalue weighted by Gasteiger charge is 2.23. The van der Waals surface area contributed by atoms with Crippen molar-refractivity contribution in [2.45, 2.75) is 19.8 Å². The van der Waals surface area contributed by atoms with Gasteiger partial charge < -0.3 is 5.32 Å². The number of hydrogen-bond donors (Lipinski definition) is 1. The number of nitrogens with zero attached hydrogens (tertiary/aromatic N) is 1. The van der Waals surface area contributed by atoms with E-state index in [0.717, 1.165) is 11.3 Å². The number of rotatable bonds is 3. The zero-order chi connectivity index (χ0) is 17.1. The van der Waals surface area contributed by atoms with Crippen LogP contribution in [-0.4, -0.2) is 11.1 Å². The van der Waals surface area contributed by atoms with Crippen LogP contribution in [0.4, 0.5) is 5.69 Å². The SMILES string of the molecule is CC(C)c1ccc(C=C2SC(=Nc3ccc(Cl)cc3)NC2=O)cc1. The fraction of sp³-hybridized carbons (Fsp3) is 0.158. The largest absolute Gasteiger partial charge is 0.300 e. The van der Waals surface area contributed by atoms with Crippen molar-refractivity contribution in [3.8, 4) is 0 Å². The van der Waals surface area contributed by atoms with Gasteiger partial charge in [0.2, 0.25) is 0 Å². The van der Waals surface area contributed by atoms with Crippen LogP contribution in [0.2, 0.25) is 5.02 Å². The molecule has 24 heavy (non-hydrogen) atoms. The van der Waals surface area contributed by atoms with Crippen molar-refractivity contribution < 1.29 is 4.79 Å². The fourth-order valence-electron chi connectivity index (χ4n) is 2.24. The van der Waals surface area contributed by atoms with E-state index in [-0.39, 0.29) is 5.91 Å². The van der Waals surface area contributed by atoms with E-state index in [1.807, 2.05) is 30.3 Å². The van der Waals surface area contributed by atoms with E-state index in [0.29, 0.717) is 21.0 Å². The molecule has 0 saturated carbocycles. The number of benzene rings is 2. The lowest BCUT2D eigenvalue weighted by atomic mass is 10.0. The highest BCUT2D eigenvalue weighted by molar-refractivity contribution is 8.18. The Labute approximate surface area is 150 Å². The molecule has 122 valence electrons. The van der Waals surface area contributed by atoms with Crippen molar-refractivity contribution in [1.82, 2.24) is 5.32 Å². The third kappa shape index (κ3) is 4.08. The van der Waals surface area contributed by atoms with Crippen molar-refractivity contribution in [1.29, 1.82) is 0 Å². The van der Waals surface area contributed by atoms with E-state index in [1.54, 1.807) is 12.1 Å². The third-order valence-electron chi connectivity index (χ3n) is 3.61. The summed E-state index contributed by atoms with van der Waals surface area (Å²) in [4.78, 5) is 17.2. The molecule has 1 heterocycles. The highest BCUT2D eigenvalue weighted by atomic mass is 35.5. The Morgan fingerprint density at radius 1 is 1.08 bits per heavy atom. The molecule has 0 aromatic heterocycles. The van der Waals surface area contributed by atoms with Crippen LogP contribution in [-0.2, 0) is 4.79 Å². The van der Waals surface area contributed by atoms with Gasteiger partial charge in [0.25, 0.3) is 5.91 Å². The highest BCUT2D eigenvalue weighted by Crippen LogP contribution is 2.28. The second-order valence-electron chi connectivity index (χ2n) is 5.78. The Morgan fingerprint density at radius 2 is 1.75 bits per heavy atom. The van der Waals surface area contributed by atoms with E-state index in [9.17, 15) is 4.79 Å². The average Bonchev–Trinajstić information content (AvgIpc) is 2.89. The smallest absolute Gasteiger partial charge is 0.264 e. The minimum absolute atomic E-state index is 0.124. The molecular formula is C19H17ClN2OS. The third-order valence-corrected chi connectivity index (χ3v) is 4.77. The molecule has 0 spiro atoms. The predicted octanol–water partition coefficient (Wildman–Crippen LogP) is 5.36. The molecule has 3 rings (SSSR count). The van der Waals surface area contributed by atoms with Crippen LogP contribution >= 0.6 is 23.4 Å². The molecule has 2 aromatic rings. The Kier molecular flexibility index (Phi) is 5.07. The van der Waals surface area contributed by atoms with Crippen molar-refractivity contribution in [2.24, 2.45) is 4.99 Å². The van der Waals surface area contributed by atoms with Gasteiger partial charge in [-0.3, -0.25) is 4.79 Å². The van der Waals surface area contributed by atoms with E-state index >= 15 is 0 Å². The Hall–Kier alpha value is -2.04. The maximum absolute atomic E-state index is 12.1. The lowest BCUT2D eigenvalue weighted by Gasteiger charge is -2.04. The second kappa shape index (κ2) is 7.24. The summed E-state index contributed by atoms with van der Waals surface area (Å²) in [7, 11) is 0. The first-order valence-corrected chi connectivity index (χ1v) is 8.86. The van der Waals surface area contributed by atoms with Gasteiger partial charge in [0, 0.05) is 5.02 Å². The number of carbonyl (C=O) groups excluding carboxylic acids is 1. The molecular weight excluding hydrogens is 340 g/mol. The molecule has 1 aliphatic heterocycles. The van der Waals surface area contributed by atoms with Crippen LogP contribution in [0.3, 0.4) is 0 Å². The summed E-state index contributed by atoms with van der Waals surface area (Å²) in [5.41, 5.74) is 3.04. The number of nitrogens with one attached hydrogen (secondary N) is 1. The standard InChI is InChI=1S/C19H17ClN2OS/c1-12(2)14-5-3-13(4-6-14)11-17-18(23)22-19(24-17)21-16-9-7-15(20)8-10-16/h3-12H,1-2H3,(H,21,22,23). The maximum atomic E-state index is 12.1. The topological polar surface area (TPSA) is 41.5 Å². The Morgan fingerprint density at radius 3 is 2.38 bits per heavy atom. The number of hydrogen-bond acceptors (Lipinski definition) is 3. The summed E-state index contributed by atoms with van der Waals surface area (Å²) in [5, 5.41) is 4.03. The quantitative estimate of drug-likeness (QED) is 0.752. The monoisotopic (exact) mass is 356 g/mol. The summed E-state index contributed by atoms with van der Waals surface area (Å²) >= 11 is 7.20. The van der Waals surface area contributed by atoms with Gasteiger partial charge in [-0.05, 0) is 59.1 Å². The molecule has 0 unspecified atom stereocenters.